The lowest BCUT2D eigenvalue weighted by molar-refractivity contribution is 0.252. The first-order chi connectivity index (χ1) is 11.8. The van der Waals surface area contributed by atoms with Crippen molar-refractivity contribution in [2.24, 2.45) is 0 Å². The van der Waals surface area contributed by atoms with Crippen molar-refractivity contribution in [1.29, 1.82) is 0 Å². The highest BCUT2D eigenvalue weighted by Crippen LogP contribution is 2.24. The van der Waals surface area contributed by atoms with Gasteiger partial charge in [-0.05, 0) is 48.9 Å². The zero-order valence-corrected chi connectivity index (χ0v) is 16.0. The third kappa shape index (κ3) is 6.08. The van der Waals surface area contributed by atoms with Crippen molar-refractivity contribution in [2.45, 2.75) is 11.3 Å². The van der Waals surface area contributed by atoms with Crippen LogP contribution in [0.15, 0.2) is 47.4 Å². The fourth-order valence-corrected chi connectivity index (χ4v) is 3.71. The molecule has 0 heterocycles. The molecule has 0 fully saturated rings. The van der Waals surface area contributed by atoms with E-state index >= 15 is 0 Å². The minimum atomic E-state index is -3.41. The highest BCUT2D eigenvalue weighted by Gasteiger charge is 2.14. The van der Waals surface area contributed by atoms with Gasteiger partial charge in [0.15, 0.2) is 9.84 Å². The molecule has 134 valence electrons. The van der Waals surface area contributed by atoms with Gasteiger partial charge in [-0.1, -0.05) is 34.8 Å². The SMILES string of the molecule is O=C(NCCCS(=O)(=O)c1ccc(Cl)cc1)Nc1ccc(Cl)c(Cl)c1. The van der Waals surface area contributed by atoms with Gasteiger partial charge in [0.2, 0.25) is 0 Å². The molecule has 0 saturated heterocycles. The van der Waals surface area contributed by atoms with Gasteiger partial charge in [-0.3, -0.25) is 0 Å². The smallest absolute Gasteiger partial charge is 0.319 e. The monoisotopic (exact) mass is 420 g/mol. The summed E-state index contributed by atoms with van der Waals surface area (Å²) in [7, 11) is -3.41. The van der Waals surface area contributed by atoms with Crippen molar-refractivity contribution in [1.82, 2.24) is 5.32 Å². The van der Waals surface area contributed by atoms with E-state index in [-0.39, 0.29) is 23.6 Å². The largest absolute Gasteiger partial charge is 0.338 e. The van der Waals surface area contributed by atoms with Crippen LogP contribution in [0, 0.1) is 0 Å². The fraction of sp³-hybridized carbons (Fsp3) is 0.188. The summed E-state index contributed by atoms with van der Waals surface area (Å²) in [5, 5.41) is 6.36. The average molecular weight is 422 g/mol. The van der Waals surface area contributed by atoms with Crippen molar-refractivity contribution in [2.75, 3.05) is 17.6 Å². The first-order valence-electron chi connectivity index (χ1n) is 7.26. The maximum absolute atomic E-state index is 12.1. The number of nitrogens with one attached hydrogen (secondary N) is 2. The molecule has 0 spiro atoms. The molecule has 0 aromatic heterocycles. The standard InChI is InChI=1S/C16H15Cl3N2O3S/c17-11-2-5-13(6-3-11)25(23,24)9-1-8-20-16(22)21-12-4-7-14(18)15(19)10-12/h2-7,10H,1,8-9H2,(H2,20,21,22). The number of rotatable bonds is 6. The molecule has 9 heteroatoms. The van der Waals surface area contributed by atoms with Crippen LogP contribution in [0.3, 0.4) is 0 Å². The summed E-state index contributed by atoms with van der Waals surface area (Å²) in [5.41, 5.74) is 0.487. The number of sulfone groups is 1. The molecule has 0 aliphatic heterocycles. The molecule has 0 bridgehead atoms. The number of benzene rings is 2. The topological polar surface area (TPSA) is 75.3 Å². The Bertz CT molecular complexity index is 855. The maximum Gasteiger partial charge on any atom is 0.319 e. The van der Waals surface area contributed by atoms with Crippen molar-refractivity contribution < 1.29 is 13.2 Å². The highest BCUT2D eigenvalue weighted by atomic mass is 35.5. The van der Waals surface area contributed by atoms with Crippen molar-refractivity contribution in [3.63, 3.8) is 0 Å². The Hall–Kier alpha value is -1.47. The van der Waals surface area contributed by atoms with Gasteiger partial charge in [0.1, 0.15) is 0 Å². The first-order valence-corrected chi connectivity index (χ1v) is 10.0. The molecule has 0 atom stereocenters. The molecule has 0 aliphatic rings. The fourth-order valence-electron chi connectivity index (χ4n) is 1.97. The lowest BCUT2D eigenvalue weighted by Crippen LogP contribution is -2.30. The number of anilines is 1. The number of halogens is 3. The molecule has 2 aromatic carbocycles. The summed E-state index contributed by atoms with van der Waals surface area (Å²) < 4.78 is 24.3. The predicted molar refractivity (Wildman–Crippen MR) is 102 cm³/mol. The number of carbonyl (C=O) groups excluding carboxylic acids is 1. The highest BCUT2D eigenvalue weighted by molar-refractivity contribution is 7.91. The zero-order valence-electron chi connectivity index (χ0n) is 12.9. The quantitative estimate of drug-likeness (QED) is 0.668. The Labute approximate surface area is 161 Å². The van der Waals surface area contributed by atoms with Crippen LogP contribution < -0.4 is 10.6 Å². The molecule has 2 aromatic rings. The Morgan fingerprint density at radius 2 is 1.64 bits per heavy atom. The minimum absolute atomic E-state index is 0.0817. The van der Waals surface area contributed by atoms with Crippen LogP contribution in [0.1, 0.15) is 6.42 Å². The maximum atomic E-state index is 12.1. The van der Waals surface area contributed by atoms with Crippen molar-refractivity contribution in [3.05, 3.63) is 57.5 Å². The van der Waals surface area contributed by atoms with E-state index in [0.717, 1.165) is 0 Å². The van der Waals surface area contributed by atoms with Crippen LogP contribution in [0.4, 0.5) is 10.5 Å². The molecule has 2 N–H and O–H groups in total. The van der Waals surface area contributed by atoms with Gasteiger partial charge in [0.05, 0.1) is 20.7 Å². The molecule has 0 unspecified atom stereocenters. The molecule has 25 heavy (non-hydrogen) atoms. The minimum Gasteiger partial charge on any atom is -0.338 e. The Kier molecular flexibility index (Phi) is 6.95. The number of urea groups is 1. The van der Waals surface area contributed by atoms with Crippen LogP contribution in [0.5, 0.6) is 0 Å². The predicted octanol–water partition coefficient (Wildman–Crippen LogP) is 4.63. The number of hydrogen-bond acceptors (Lipinski definition) is 3. The van der Waals surface area contributed by atoms with Gasteiger partial charge >= 0.3 is 6.03 Å². The summed E-state index contributed by atoms with van der Waals surface area (Å²) in [6, 6.07) is 10.2. The molecule has 5 nitrogen and oxygen atoms in total. The van der Waals surface area contributed by atoms with Crippen LogP contribution in [-0.2, 0) is 9.84 Å². The van der Waals surface area contributed by atoms with E-state index in [4.69, 9.17) is 34.8 Å². The summed E-state index contributed by atoms with van der Waals surface area (Å²) in [6.07, 6.45) is 0.278. The molecule has 2 amide bonds. The van der Waals surface area contributed by atoms with Crippen LogP contribution in [0.25, 0.3) is 0 Å². The Morgan fingerprint density at radius 3 is 2.28 bits per heavy atom. The van der Waals surface area contributed by atoms with E-state index < -0.39 is 15.9 Å². The third-order valence-corrected chi connectivity index (χ3v) is 6.03. The first kappa shape index (κ1) is 19.8. The van der Waals surface area contributed by atoms with Gasteiger partial charge in [0, 0.05) is 17.3 Å². The van der Waals surface area contributed by atoms with Crippen molar-refractivity contribution in [3.8, 4) is 0 Å². The van der Waals surface area contributed by atoms with Crippen LogP contribution in [-0.4, -0.2) is 26.7 Å². The van der Waals surface area contributed by atoms with Gasteiger partial charge in [0.25, 0.3) is 0 Å². The second-order valence-electron chi connectivity index (χ2n) is 5.14. The van der Waals surface area contributed by atoms with E-state index in [1.54, 1.807) is 12.1 Å². The molecule has 0 saturated carbocycles. The third-order valence-electron chi connectivity index (χ3n) is 3.23. The summed E-state index contributed by atoms with van der Waals surface area (Å²) in [5.74, 6) is -0.0817. The Balaban J connectivity index is 1.79. The van der Waals surface area contributed by atoms with E-state index in [1.165, 1.54) is 30.3 Å². The molecule has 2 rings (SSSR count). The summed E-state index contributed by atoms with van der Waals surface area (Å²) in [4.78, 5) is 12.0. The lowest BCUT2D eigenvalue weighted by atomic mass is 10.3. The number of hydrogen-bond donors (Lipinski definition) is 2. The van der Waals surface area contributed by atoms with Crippen LogP contribution in [0.2, 0.25) is 15.1 Å². The number of amides is 2. The summed E-state index contributed by atoms with van der Waals surface area (Å²) >= 11 is 17.4. The molecular weight excluding hydrogens is 407 g/mol. The zero-order chi connectivity index (χ0) is 18.4. The van der Waals surface area contributed by atoms with Gasteiger partial charge in [-0.25, -0.2) is 13.2 Å². The normalized spacial score (nSPS) is 11.2. The second-order valence-corrected chi connectivity index (χ2v) is 8.50. The Morgan fingerprint density at radius 1 is 0.960 bits per heavy atom. The molecular formula is C16H15Cl3N2O3S. The van der Waals surface area contributed by atoms with Crippen molar-refractivity contribution >= 4 is 56.4 Å². The van der Waals surface area contributed by atoms with Crippen LogP contribution >= 0.6 is 34.8 Å². The van der Waals surface area contributed by atoms with E-state index in [1.807, 2.05) is 0 Å². The average Bonchev–Trinajstić information content (AvgIpc) is 2.55. The summed E-state index contributed by atoms with van der Waals surface area (Å²) in [6.45, 7) is 0.208. The molecule has 0 radical (unpaired) electrons. The van der Waals surface area contributed by atoms with E-state index in [0.29, 0.717) is 20.8 Å². The van der Waals surface area contributed by atoms with E-state index in [2.05, 4.69) is 10.6 Å². The van der Waals surface area contributed by atoms with E-state index in [9.17, 15) is 13.2 Å². The second kappa shape index (κ2) is 8.76. The van der Waals surface area contributed by atoms with Gasteiger partial charge in [-0.2, -0.15) is 0 Å². The lowest BCUT2D eigenvalue weighted by Gasteiger charge is -2.09. The molecule has 0 aliphatic carbocycles. The van der Waals surface area contributed by atoms with Gasteiger partial charge in [-0.15, -0.1) is 0 Å². The van der Waals surface area contributed by atoms with Gasteiger partial charge < -0.3 is 10.6 Å². The number of carbonyl (C=O) groups is 1.